The molecule has 6 nitrogen and oxygen atoms in total. The number of hydrogen-bond donors (Lipinski definition) is 2. The Balaban J connectivity index is 2.39. The lowest BCUT2D eigenvalue weighted by molar-refractivity contribution is -0.120. The smallest absolute Gasteiger partial charge is 0.221 e. The first-order valence-corrected chi connectivity index (χ1v) is 7.00. The molecule has 0 saturated heterocycles. The molecular weight excluding hydrogens is 256 g/mol. The number of aromatic nitrogens is 2. The summed E-state index contributed by atoms with van der Waals surface area (Å²) in [5, 5.41) is 5.99. The molecule has 0 unspecified atom stereocenters. The maximum absolute atomic E-state index is 11.6. The Labute approximate surface area is 120 Å². The molecule has 0 bridgehead atoms. The average molecular weight is 280 g/mol. The van der Waals surface area contributed by atoms with E-state index in [1.54, 1.807) is 6.07 Å². The Bertz CT molecular complexity index is 435. The van der Waals surface area contributed by atoms with E-state index < -0.39 is 0 Å². The number of nitrogens with one attached hydrogen (secondary N) is 2. The van der Waals surface area contributed by atoms with E-state index in [1.807, 2.05) is 13.8 Å². The minimum atomic E-state index is 0.0435. The summed E-state index contributed by atoms with van der Waals surface area (Å²) in [5.74, 6) is 2.37. The second kappa shape index (κ2) is 8.35. The monoisotopic (exact) mass is 280 g/mol. The van der Waals surface area contributed by atoms with E-state index in [4.69, 9.17) is 4.74 Å². The summed E-state index contributed by atoms with van der Waals surface area (Å²) >= 11 is 0. The molecule has 0 saturated carbocycles. The molecule has 20 heavy (non-hydrogen) atoms. The van der Waals surface area contributed by atoms with Gasteiger partial charge in [-0.1, -0.05) is 13.8 Å². The highest BCUT2D eigenvalue weighted by atomic mass is 16.5. The van der Waals surface area contributed by atoms with E-state index in [0.717, 1.165) is 0 Å². The van der Waals surface area contributed by atoms with Crippen molar-refractivity contribution >= 4 is 11.7 Å². The lowest BCUT2D eigenvalue weighted by atomic mass is 10.2. The van der Waals surface area contributed by atoms with Crippen molar-refractivity contribution in [2.45, 2.75) is 34.1 Å². The van der Waals surface area contributed by atoms with Crippen molar-refractivity contribution < 1.29 is 9.53 Å². The van der Waals surface area contributed by atoms with Crippen LogP contribution in [0.15, 0.2) is 6.07 Å². The zero-order valence-electron chi connectivity index (χ0n) is 12.7. The highest BCUT2D eigenvalue weighted by molar-refractivity contribution is 5.76. The Morgan fingerprint density at radius 2 is 2.15 bits per heavy atom. The predicted octanol–water partition coefficient (Wildman–Crippen LogP) is 1.76. The van der Waals surface area contributed by atoms with Crippen molar-refractivity contribution in [3.63, 3.8) is 0 Å². The number of amides is 1. The van der Waals surface area contributed by atoms with Crippen LogP contribution >= 0.6 is 0 Å². The fraction of sp³-hybridized carbons (Fsp3) is 0.643. The highest BCUT2D eigenvalue weighted by Crippen LogP contribution is 2.13. The number of nitrogens with zero attached hydrogens (tertiary/aromatic N) is 2. The third-order valence-electron chi connectivity index (χ3n) is 2.47. The lowest BCUT2D eigenvalue weighted by Gasteiger charge is -2.10. The molecule has 0 atom stereocenters. The predicted molar refractivity (Wildman–Crippen MR) is 78.9 cm³/mol. The number of rotatable bonds is 8. The topological polar surface area (TPSA) is 76.1 Å². The number of anilines is 1. The summed E-state index contributed by atoms with van der Waals surface area (Å²) < 4.78 is 5.35. The minimum Gasteiger partial charge on any atom is -0.478 e. The van der Waals surface area contributed by atoms with Gasteiger partial charge in [0.05, 0.1) is 6.61 Å². The van der Waals surface area contributed by atoms with Crippen molar-refractivity contribution in [3.8, 4) is 5.88 Å². The third kappa shape index (κ3) is 6.36. The molecule has 1 rings (SSSR count). The van der Waals surface area contributed by atoms with Gasteiger partial charge in [-0.25, -0.2) is 4.98 Å². The molecule has 0 aromatic carbocycles. The van der Waals surface area contributed by atoms with Gasteiger partial charge in [-0.05, 0) is 19.8 Å². The molecule has 0 radical (unpaired) electrons. The van der Waals surface area contributed by atoms with E-state index >= 15 is 0 Å². The van der Waals surface area contributed by atoms with Gasteiger partial charge in [0.2, 0.25) is 11.8 Å². The first-order chi connectivity index (χ1) is 9.51. The van der Waals surface area contributed by atoms with E-state index in [2.05, 4.69) is 34.4 Å². The molecule has 0 spiro atoms. The van der Waals surface area contributed by atoms with Gasteiger partial charge in [0.25, 0.3) is 0 Å². The molecule has 0 aliphatic heterocycles. The lowest BCUT2D eigenvalue weighted by Crippen LogP contribution is -2.28. The molecule has 1 amide bonds. The van der Waals surface area contributed by atoms with Crippen molar-refractivity contribution in [1.82, 2.24) is 15.3 Å². The van der Waals surface area contributed by atoms with Crippen molar-refractivity contribution in [3.05, 3.63) is 11.9 Å². The molecule has 2 N–H and O–H groups in total. The largest absolute Gasteiger partial charge is 0.478 e. The molecule has 0 aliphatic rings. The normalized spacial score (nSPS) is 10.4. The van der Waals surface area contributed by atoms with E-state index in [9.17, 15) is 4.79 Å². The number of aryl methyl sites for hydroxylation is 1. The molecular formula is C14H24N4O2. The van der Waals surface area contributed by atoms with Gasteiger partial charge < -0.3 is 15.4 Å². The van der Waals surface area contributed by atoms with Crippen LogP contribution in [0.2, 0.25) is 0 Å². The van der Waals surface area contributed by atoms with Crippen LogP contribution in [0.3, 0.4) is 0 Å². The van der Waals surface area contributed by atoms with Crippen LogP contribution in [0.5, 0.6) is 5.88 Å². The minimum absolute atomic E-state index is 0.0435. The standard InChI is InChI=1S/C14H24N4O2/c1-5-20-14-8-12(17-11(4)18-14)15-7-6-13(19)16-9-10(2)3/h8,10H,5-7,9H2,1-4H3,(H,16,19)(H,15,17,18). The van der Waals surface area contributed by atoms with E-state index in [-0.39, 0.29) is 5.91 Å². The highest BCUT2D eigenvalue weighted by Gasteiger charge is 2.05. The number of carbonyl (C=O) groups is 1. The maximum Gasteiger partial charge on any atom is 0.221 e. The fourth-order valence-electron chi connectivity index (χ4n) is 1.56. The third-order valence-corrected chi connectivity index (χ3v) is 2.47. The Hall–Kier alpha value is -1.85. The van der Waals surface area contributed by atoms with Gasteiger partial charge in [0.1, 0.15) is 11.6 Å². The van der Waals surface area contributed by atoms with Gasteiger partial charge in [-0.2, -0.15) is 4.98 Å². The summed E-state index contributed by atoms with van der Waals surface area (Å²) in [4.78, 5) is 20.0. The second-order valence-electron chi connectivity index (χ2n) is 4.95. The van der Waals surface area contributed by atoms with Crippen molar-refractivity contribution in [1.29, 1.82) is 0 Å². The molecule has 1 aromatic rings. The Morgan fingerprint density at radius 1 is 1.40 bits per heavy atom. The van der Waals surface area contributed by atoms with Crippen LogP contribution in [0.4, 0.5) is 5.82 Å². The second-order valence-corrected chi connectivity index (χ2v) is 4.95. The van der Waals surface area contributed by atoms with Gasteiger partial charge in [-0.3, -0.25) is 4.79 Å². The van der Waals surface area contributed by atoms with E-state index in [0.29, 0.717) is 49.6 Å². The molecule has 6 heteroatoms. The molecule has 1 aromatic heterocycles. The van der Waals surface area contributed by atoms with Gasteiger partial charge in [-0.15, -0.1) is 0 Å². The summed E-state index contributed by atoms with van der Waals surface area (Å²) in [6.45, 7) is 9.65. The Morgan fingerprint density at radius 3 is 2.80 bits per heavy atom. The quantitative estimate of drug-likeness (QED) is 0.759. The zero-order chi connectivity index (χ0) is 15.0. The van der Waals surface area contributed by atoms with Crippen LogP contribution in [-0.2, 0) is 4.79 Å². The summed E-state index contributed by atoms with van der Waals surface area (Å²) in [6.07, 6.45) is 0.416. The summed E-state index contributed by atoms with van der Waals surface area (Å²) in [7, 11) is 0. The van der Waals surface area contributed by atoms with Gasteiger partial charge in [0.15, 0.2) is 0 Å². The van der Waals surface area contributed by atoms with Gasteiger partial charge >= 0.3 is 0 Å². The first-order valence-electron chi connectivity index (χ1n) is 7.00. The Kier molecular flexibility index (Phi) is 6.76. The molecule has 1 heterocycles. The number of ether oxygens (including phenoxy) is 1. The molecule has 0 fully saturated rings. The van der Waals surface area contributed by atoms with Crippen molar-refractivity contribution in [2.24, 2.45) is 5.92 Å². The summed E-state index contributed by atoms with van der Waals surface area (Å²) in [6, 6.07) is 1.74. The fourth-order valence-corrected chi connectivity index (χ4v) is 1.56. The van der Waals surface area contributed by atoms with Crippen molar-refractivity contribution in [2.75, 3.05) is 25.0 Å². The molecule has 112 valence electrons. The number of hydrogen-bond acceptors (Lipinski definition) is 5. The van der Waals surface area contributed by atoms with Crippen LogP contribution in [0.1, 0.15) is 33.0 Å². The van der Waals surface area contributed by atoms with E-state index in [1.165, 1.54) is 0 Å². The zero-order valence-corrected chi connectivity index (χ0v) is 12.7. The average Bonchev–Trinajstić information content (AvgIpc) is 2.36. The van der Waals surface area contributed by atoms with Crippen LogP contribution in [0.25, 0.3) is 0 Å². The van der Waals surface area contributed by atoms with Crippen LogP contribution in [0, 0.1) is 12.8 Å². The first kappa shape index (κ1) is 16.2. The van der Waals surface area contributed by atoms with Gasteiger partial charge in [0, 0.05) is 25.6 Å². The SMILES string of the molecule is CCOc1cc(NCCC(=O)NCC(C)C)nc(C)n1. The maximum atomic E-state index is 11.6. The van der Waals surface area contributed by atoms with Crippen LogP contribution in [-0.4, -0.2) is 35.6 Å². The summed E-state index contributed by atoms with van der Waals surface area (Å²) in [5.41, 5.74) is 0. The molecule has 0 aliphatic carbocycles. The number of carbonyl (C=O) groups excluding carboxylic acids is 1. The van der Waals surface area contributed by atoms with Crippen LogP contribution < -0.4 is 15.4 Å².